The van der Waals surface area contributed by atoms with E-state index in [9.17, 15) is 5.11 Å². The molecule has 0 aliphatic carbocycles. The average Bonchev–Trinajstić information content (AvgIpc) is 2.39. The lowest BCUT2D eigenvalue weighted by Gasteiger charge is -2.30. The van der Waals surface area contributed by atoms with Gasteiger partial charge in [0.05, 0.1) is 11.3 Å². The second-order valence-corrected chi connectivity index (χ2v) is 5.90. The predicted molar refractivity (Wildman–Crippen MR) is 74.6 cm³/mol. The molecule has 1 heterocycles. The molecule has 0 amide bonds. The van der Waals surface area contributed by atoms with Crippen LogP contribution in [0.2, 0.25) is 0 Å². The number of halogens is 1. The Morgan fingerprint density at radius 2 is 2.24 bits per heavy atom. The van der Waals surface area contributed by atoms with Gasteiger partial charge >= 0.3 is 0 Å². The van der Waals surface area contributed by atoms with E-state index in [1.54, 1.807) is 0 Å². The number of hydrogen-bond donors (Lipinski definition) is 2. The fourth-order valence-corrected chi connectivity index (χ4v) is 2.94. The number of aliphatic hydroxyl groups is 1. The molecule has 2 N–H and O–H groups in total. The Balaban J connectivity index is 2.25. The van der Waals surface area contributed by atoms with E-state index in [4.69, 9.17) is 0 Å². The Bertz CT molecular complexity index is 406. The van der Waals surface area contributed by atoms with Crippen LogP contribution in [0.1, 0.15) is 12.5 Å². The Morgan fingerprint density at radius 3 is 2.94 bits per heavy atom. The Labute approximate surface area is 111 Å². The number of nitrogens with zero attached hydrogens (tertiary/aromatic N) is 1. The number of aryl methyl sites for hydroxylation is 1. The first-order valence-corrected chi connectivity index (χ1v) is 6.71. The fraction of sp³-hybridized carbons (Fsp3) is 0.538. The topological polar surface area (TPSA) is 35.5 Å². The molecule has 3 nitrogen and oxygen atoms in total. The number of hydrogen-bond acceptors (Lipinski definition) is 3. The van der Waals surface area contributed by atoms with Gasteiger partial charge in [-0.15, -0.1) is 0 Å². The molecule has 1 fully saturated rings. The van der Waals surface area contributed by atoms with E-state index in [1.165, 1.54) is 5.56 Å². The van der Waals surface area contributed by atoms with Gasteiger partial charge < -0.3 is 15.3 Å². The van der Waals surface area contributed by atoms with Crippen molar-refractivity contribution in [2.75, 3.05) is 31.1 Å². The number of rotatable bonds is 1. The number of β-amino-alcohol motifs (C(OH)–C–C–N with tert-alkyl or cyclic N) is 1. The predicted octanol–water partition coefficient (Wildman–Crippen LogP) is 1.92. The first-order valence-electron chi connectivity index (χ1n) is 5.92. The van der Waals surface area contributed by atoms with Crippen LogP contribution in [0.5, 0.6) is 0 Å². The van der Waals surface area contributed by atoms with E-state index in [-0.39, 0.29) is 0 Å². The van der Waals surface area contributed by atoms with Gasteiger partial charge in [0.2, 0.25) is 0 Å². The maximum absolute atomic E-state index is 10.2. The zero-order valence-electron chi connectivity index (χ0n) is 10.3. The molecular weight excluding hydrogens is 280 g/mol. The van der Waals surface area contributed by atoms with Gasteiger partial charge in [-0.2, -0.15) is 0 Å². The molecule has 0 saturated carbocycles. The van der Waals surface area contributed by atoms with Gasteiger partial charge in [0, 0.05) is 30.7 Å². The molecule has 0 aromatic heterocycles. The average molecular weight is 299 g/mol. The summed E-state index contributed by atoms with van der Waals surface area (Å²) in [5.41, 5.74) is 1.71. The van der Waals surface area contributed by atoms with Crippen molar-refractivity contribution >= 4 is 21.6 Å². The van der Waals surface area contributed by atoms with Gasteiger partial charge in [-0.1, -0.05) is 6.07 Å². The van der Waals surface area contributed by atoms with Crippen LogP contribution in [0.3, 0.4) is 0 Å². The smallest absolute Gasteiger partial charge is 0.0917 e. The van der Waals surface area contributed by atoms with Crippen LogP contribution in [0, 0.1) is 6.92 Å². The molecule has 1 saturated heterocycles. The Morgan fingerprint density at radius 1 is 1.47 bits per heavy atom. The first kappa shape index (κ1) is 12.9. The van der Waals surface area contributed by atoms with Crippen LogP contribution in [0.25, 0.3) is 0 Å². The summed E-state index contributed by atoms with van der Waals surface area (Å²) in [6.07, 6.45) is 0. The summed E-state index contributed by atoms with van der Waals surface area (Å²) >= 11 is 3.60. The van der Waals surface area contributed by atoms with E-state index in [2.05, 4.69) is 51.3 Å². The second kappa shape index (κ2) is 4.96. The Kier molecular flexibility index (Phi) is 3.76. The van der Waals surface area contributed by atoms with Crippen molar-refractivity contribution < 1.29 is 5.11 Å². The summed E-state index contributed by atoms with van der Waals surface area (Å²) in [6, 6.07) is 6.33. The number of benzene rings is 1. The summed E-state index contributed by atoms with van der Waals surface area (Å²) in [4.78, 5) is 2.23. The number of anilines is 1. The third kappa shape index (κ3) is 3.21. The van der Waals surface area contributed by atoms with E-state index >= 15 is 0 Å². The minimum atomic E-state index is -0.680. The lowest BCUT2D eigenvalue weighted by atomic mass is 10.1. The summed E-state index contributed by atoms with van der Waals surface area (Å²) in [5.74, 6) is 0. The lowest BCUT2D eigenvalue weighted by molar-refractivity contribution is 0.0729. The monoisotopic (exact) mass is 298 g/mol. The molecule has 2 rings (SSSR count). The van der Waals surface area contributed by atoms with Gasteiger partial charge in [0.25, 0.3) is 0 Å². The molecule has 0 radical (unpaired) electrons. The minimum Gasteiger partial charge on any atom is -0.387 e. The van der Waals surface area contributed by atoms with Crippen molar-refractivity contribution in [3.63, 3.8) is 0 Å². The van der Waals surface area contributed by atoms with E-state index in [0.717, 1.165) is 23.2 Å². The number of nitrogens with one attached hydrogen (secondary N) is 1. The van der Waals surface area contributed by atoms with Crippen molar-refractivity contribution in [1.29, 1.82) is 0 Å². The standard InChI is InChI=1S/C13H19BrN2O/c1-10-3-4-12(11(14)7-10)16-6-5-15-8-13(2,17)9-16/h3-4,7,15,17H,5-6,8-9H2,1-2H3. The minimum absolute atomic E-state index is 0.646. The lowest BCUT2D eigenvalue weighted by Crippen LogP contribution is -2.43. The van der Waals surface area contributed by atoms with Crippen molar-refractivity contribution in [2.24, 2.45) is 0 Å². The largest absolute Gasteiger partial charge is 0.387 e. The van der Waals surface area contributed by atoms with E-state index in [0.29, 0.717) is 13.1 Å². The highest BCUT2D eigenvalue weighted by molar-refractivity contribution is 9.10. The van der Waals surface area contributed by atoms with Crippen LogP contribution >= 0.6 is 15.9 Å². The van der Waals surface area contributed by atoms with Crippen molar-refractivity contribution in [1.82, 2.24) is 5.32 Å². The highest BCUT2D eigenvalue weighted by Gasteiger charge is 2.27. The SMILES string of the molecule is Cc1ccc(N2CCNCC(C)(O)C2)c(Br)c1. The zero-order valence-corrected chi connectivity index (χ0v) is 11.9. The normalized spacial score (nSPS) is 25.8. The van der Waals surface area contributed by atoms with Crippen molar-refractivity contribution in [3.8, 4) is 0 Å². The third-order valence-electron chi connectivity index (χ3n) is 3.04. The maximum Gasteiger partial charge on any atom is 0.0917 e. The van der Waals surface area contributed by atoms with Gasteiger partial charge in [0.1, 0.15) is 0 Å². The van der Waals surface area contributed by atoms with Crippen molar-refractivity contribution in [3.05, 3.63) is 28.2 Å². The molecule has 94 valence electrons. The summed E-state index contributed by atoms with van der Waals surface area (Å²) < 4.78 is 1.09. The Hall–Kier alpha value is -0.580. The van der Waals surface area contributed by atoms with Gasteiger partial charge in [-0.25, -0.2) is 0 Å². The molecule has 1 aromatic rings. The summed E-state index contributed by atoms with van der Waals surface area (Å²) in [7, 11) is 0. The van der Waals surface area contributed by atoms with Crippen molar-refractivity contribution in [2.45, 2.75) is 19.4 Å². The molecule has 1 aliphatic heterocycles. The molecular formula is C13H19BrN2O. The van der Waals surface area contributed by atoms with Gasteiger partial charge in [-0.3, -0.25) is 0 Å². The van der Waals surface area contributed by atoms with Crippen LogP contribution < -0.4 is 10.2 Å². The van der Waals surface area contributed by atoms with Crippen LogP contribution in [-0.4, -0.2) is 36.9 Å². The van der Waals surface area contributed by atoms with E-state index in [1.807, 2.05) is 6.92 Å². The maximum atomic E-state index is 10.2. The molecule has 17 heavy (non-hydrogen) atoms. The molecule has 0 bridgehead atoms. The molecule has 1 unspecified atom stereocenters. The van der Waals surface area contributed by atoms with Crippen LogP contribution in [-0.2, 0) is 0 Å². The molecule has 1 atom stereocenters. The highest BCUT2D eigenvalue weighted by Crippen LogP contribution is 2.28. The molecule has 4 heteroatoms. The quantitative estimate of drug-likeness (QED) is 0.831. The van der Waals surface area contributed by atoms with Gasteiger partial charge in [-0.05, 0) is 47.5 Å². The summed E-state index contributed by atoms with van der Waals surface area (Å²) in [6.45, 7) is 7.07. The van der Waals surface area contributed by atoms with E-state index < -0.39 is 5.60 Å². The first-order chi connectivity index (χ1) is 7.98. The fourth-order valence-electron chi connectivity index (χ4n) is 2.19. The molecule has 0 spiro atoms. The second-order valence-electron chi connectivity index (χ2n) is 5.05. The zero-order chi connectivity index (χ0) is 12.5. The highest BCUT2D eigenvalue weighted by atomic mass is 79.9. The molecule has 1 aromatic carbocycles. The van der Waals surface area contributed by atoms with Crippen LogP contribution in [0.15, 0.2) is 22.7 Å². The van der Waals surface area contributed by atoms with Crippen LogP contribution in [0.4, 0.5) is 5.69 Å². The van der Waals surface area contributed by atoms with Gasteiger partial charge in [0.15, 0.2) is 0 Å². The molecule has 1 aliphatic rings. The third-order valence-corrected chi connectivity index (χ3v) is 3.67. The summed E-state index contributed by atoms with van der Waals surface area (Å²) in [5, 5.41) is 13.5.